The van der Waals surface area contributed by atoms with Gasteiger partial charge >= 0.3 is 5.97 Å². The van der Waals surface area contributed by atoms with E-state index in [0.29, 0.717) is 30.6 Å². The number of amides is 4. The molecular formula is C39H68N6O8. The maximum atomic E-state index is 14.0. The fourth-order valence-electron chi connectivity index (χ4n) is 6.67. The summed E-state index contributed by atoms with van der Waals surface area (Å²) in [6.07, 6.45) is 0.562. The summed E-state index contributed by atoms with van der Waals surface area (Å²) >= 11 is 0. The number of nitrogens with two attached hydrogens (primary N) is 1. The van der Waals surface area contributed by atoms with Gasteiger partial charge in [-0.25, -0.2) is 4.79 Å². The van der Waals surface area contributed by atoms with Crippen LogP contribution in [0.5, 0.6) is 0 Å². The van der Waals surface area contributed by atoms with E-state index < -0.39 is 54.2 Å². The molecule has 4 amide bonds. The number of hydrogen-bond donors (Lipinski definition) is 4. The lowest BCUT2D eigenvalue weighted by Gasteiger charge is -2.38. The van der Waals surface area contributed by atoms with Gasteiger partial charge in [0.05, 0.1) is 36.6 Å². The smallest absolute Gasteiger partial charge is 0.326 e. The molecule has 0 radical (unpaired) electrons. The van der Waals surface area contributed by atoms with Gasteiger partial charge in [-0.15, -0.1) is 0 Å². The molecule has 53 heavy (non-hydrogen) atoms. The third kappa shape index (κ3) is 14.5. The first-order chi connectivity index (χ1) is 24.8. The fraction of sp³-hybridized carbons (Fsp3) is 0.718. The Morgan fingerprint density at radius 1 is 0.830 bits per heavy atom. The predicted octanol–water partition coefficient (Wildman–Crippen LogP) is 3.03. The maximum absolute atomic E-state index is 14.0. The zero-order valence-corrected chi connectivity index (χ0v) is 34.2. The Labute approximate surface area is 317 Å². The summed E-state index contributed by atoms with van der Waals surface area (Å²) in [5.74, 6) is -3.36. The molecular weight excluding hydrogens is 680 g/mol. The third-order valence-corrected chi connectivity index (χ3v) is 9.78. The number of likely N-dealkylation sites (N-methyl/N-ethyl adjacent to an activating group) is 2. The number of carboxylic acids is 1. The molecule has 7 atom stereocenters. The molecule has 1 rings (SSSR count). The van der Waals surface area contributed by atoms with Crippen LogP contribution in [0.2, 0.25) is 0 Å². The largest absolute Gasteiger partial charge is 0.480 e. The number of hydrogen-bond acceptors (Lipinski definition) is 9. The van der Waals surface area contributed by atoms with Crippen LogP contribution in [-0.2, 0) is 39.9 Å². The number of nitrogens with one attached hydrogen (secondary N) is 2. The first-order valence-electron chi connectivity index (χ1n) is 18.8. The summed E-state index contributed by atoms with van der Waals surface area (Å²) in [6.45, 7) is 13.8. The molecule has 1 aromatic carbocycles. The highest BCUT2D eigenvalue weighted by Gasteiger charge is 2.38. The van der Waals surface area contributed by atoms with Gasteiger partial charge in [-0.3, -0.25) is 24.1 Å². The van der Waals surface area contributed by atoms with Crippen LogP contribution in [0.1, 0.15) is 79.7 Å². The number of carbonyl (C=O) groups excluding carboxylic acids is 4. The second kappa shape index (κ2) is 23.1. The van der Waals surface area contributed by atoms with Crippen LogP contribution in [0, 0.1) is 17.8 Å². The minimum Gasteiger partial charge on any atom is -0.480 e. The van der Waals surface area contributed by atoms with Crippen molar-refractivity contribution in [3.63, 3.8) is 0 Å². The van der Waals surface area contributed by atoms with Gasteiger partial charge in [0.15, 0.2) is 0 Å². The van der Waals surface area contributed by atoms with Gasteiger partial charge in [0.1, 0.15) is 12.1 Å². The summed E-state index contributed by atoms with van der Waals surface area (Å²) in [5, 5.41) is 15.5. The molecule has 6 unspecified atom stereocenters. The molecule has 0 spiro atoms. The van der Waals surface area contributed by atoms with E-state index in [9.17, 15) is 29.1 Å². The van der Waals surface area contributed by atoms with Crippen LogP contribution in [0.4, 0.5) is 5.69 Å². The molecule has 14 nitrogen and oxygen atoms in total. The lowest BCUT2D eigenvalue weighted by Crippen LogP contribution is -2.58. The van der Waals surface area contributed by atoms with Gasteiger partial charge in [0, 0.05) is 46.5 Å². The van der Waals surface area contributed by atoms with Crippen molar-refractivity contribution >= 4 is 35.3 Å². The summed E-state index contributed by atoms with van der Waals surface area (Å²) in [6, 6.07) is 3.95. The van der Waals surface area contributed by atoms with E-state index in [0.717, 1.165) is 6.42 Å². The van der Waals surface area contributed by atoms with Crippen molar-refractivity contribution in [3.05, 3.63) is 29.8 Å². The molecule has 0 saturated carbocycles. The van der Waals surface area contributed by atoms with Crippen molar-refractivity contribution in [2.75, 3.05) is 54.2 Å². The number of carboxylic acid groups (broad SMARTS) is 1. The Morgan fingerprint density at radius 3 is 1.87 bits per heavy atom. The molecule has 1 aromatic rings. The Hall–Kier alpha value is -3.75. The molecule has 0 fully saturated rings. The molecule has 0 aliphatic rings. The second-order valence-corrected chi connectivity index (χ2v) is 14.9. The number of nitrogen functional groups attached to an aromatic ring is 1. The van der Waals surface area contributed by atoms with Crippen LogP contribution < -0.4 is 16.4 Å². The predicted molar refractivity (Wildman–Crippen MR) is 207 cm³/mol. The standard InChI is InChI=1S/C39H68N6O8/c1-13-15-30(44(10)38(49)34(24(3)4)42-37(48)35(25(5)6)43(8)9)31(52-11)22-33(46)45(20-14-2)23-32(53-12)26(7)36(47)41-29(39(50)51)21-27-16-18-28(40)19-17-27/h16-19,24-26,29-32,34-35H,13-15,20-23,40H2,1-12H3,(H,41,47)(H,42,48)(H,50,51)/t26?,29-,30?,31?,32?,34?,35?/m0/s1. The highest BCUT2D eigenvalue weighted by atomic mass is 16.5. The van der Waals surface area contributed by atoms with Gasteiger partial charge in [0.2, 0.25) is 23.6 Å². The maximum Gasteiger partial charge on any atom is 0.326 e. The van der Waals surface area contributed by atoms with Gasteiger partial charge in [0.25, 0.3) is 0 Å². The highest BCUT2D eigenvalue weighted by molar-refractivity contribution is 5.90. The summed E-state index contributed by atoms with van der Waals surface area (Å²) in [5.41, 5.74) is 7.00. The lowest BCUT2D eigenvalue weighted by atomic mass is 9.96. The number of benzene rings is 1. The number of nitrogens with zero attached hydrogens (tertiary/aromatic N) is 3. The van der Waals surface area contributed by atoms with Crippen molar-refractivity contribution in [2.24, 2.45) is 17.8 Å². The molecule has 5 N–H and O–H groups in total. The summed E-state index contributed by atoms with van der Waals surface area (Å²) in [4.78, 5) is 71.8. The van der Waals surface area contributed by atoms with Gasteiger partial charge in [-0.1, -0.05) is 67.0 Å². The molecule has 0 bridgehead atoms. The van der Waals surface area contributed by atoms with Crippen molar-refractivity contribution in [1.82, 2.24) is 25.3 Å². The minimum atomic E-state index is -1.18. The average molecular weight is 749 g/mol. The monoisotopic (exact) mass is 749 g/mol. The van der Waals surface area contributed by atoms with E-state index in [2.05, 4.69) is 10.6 Å². The minimum absolute atomic E-state index is 0.0329. The van der Waals surface area contributed by atoms with E-state index in [4.69, 9.17) is 15.2 Å². The number of ether oxygens (including phenoxy) is 2. The molecule has 0 heterocycles. The van der Waals surface area contributed by atoms with Crippen LogP contribution in [0.3, 0.4) is 0 Å². The summed E-state index contributed by atoms with van der Waals surface area (Å²) < 4.78 is 11.6. The average Bonchev–Trinajstić information content (AvgIpc) is 3.09. The Bertz CT molecular complexity index is 1300. The Morgan fingerprint density at radius 2 is 1.42 bits per heavy atom. The van der Waals surface area contributed by atoms with E-state index in [1.165, 1.54) is 14.2 Å². The molecule has 0 aliphatic carbocycles. The molecule has 0 aliphatic heterocycles. The zero-order chi connectivity index (χ0) is 40.6. The van der Waals surface area contributed by atoms with E-state index in [-0.39, 0.29) is 48.9 Å². The van der Waals surface area contributed by atoms with Gasteiger partial charge in [-0.2, -0.15) is 0 Å². The topological polar surface area (TPSA) is 184 Å². The van der Waals surface area contributed by atoms with Crippen molar-refractivity contribution in [2.45, 2.75) is 117 Å². The summed E-state index contributed by atoms with van der Waals surface area (Å²) in [7, 11) is 8.34. The van der Waals surface area contributed by atoms with Crippen molar-refractivity contribution in [3.8, 4) is 0 Å². The third-order valence-electron chi connectivity index (χ3n) is 9.78. The second-order valence-electron chi connectivity index (χ2n) is 14.9. The first kappa shape index (κ1) is 47.3. The van der Waals surface area contributed by atoms with E-state index >= 15 is 0 Å². The number of aliphatic carboxylic acids is 1. The fourth-order valence-corrected chi connectivity index (χ4v) is 6.67. The molecule has 0 aromatic heterocycles. The van der Waals surface area contributed by atoms with Crippen molar-refractivity contribution in [1.29, 1.82) is 0 Å². The lowest BCUT2D eigenvalue weighted by molar-refractivity contribution is -0.146. The Balaban J connectivity index is 3.18. The van der Waals surface area contributed by atoms with E-state index in [1.807, 2.05) is 60.5 Å². The molecule has 0 saturated heterocycles. The van der Waals surface area contributed by atoms with Gasteiger partial charge < -0.3 is 40.7 Å². The Kier molecular flexibility index (Phi) is 20.6. The van der Waals surface area contributed by atoms with E-state index in [1.54, 1.807) is 48.0 Å². The van der Waals surface area contributed by atoms with Crippen LogP contribution in [-0.4, -0.2) is 134 Å². The highest BCUT2D eigenvalue weighted by Crippen LogP contribution is 2.21. The number of methoxy groups -OCH3 is 2. The SMILES string of the molecule is CCCC(C(CC(=O)N(CCC)CC(OC)C(C)C(=O)N[C@@H](Cc1ccc(N)cc1)C(=O)O)OC)N(C)C(=O)C(NC(=O)C(C(C)C)N(C)C)C(C)C. The molecule has 14 heteroatoms. The number of rotatable bonds is 24. The first-order valence-corrected chi connectivity index (χ1v) is 18.8. The van der Waals surface area contributed by atoms with Crippen LogP contribution in [0.25, 0.3) is 0 Å². The van der Waals surface area contributed by atoms with Crippen molar-refractivity contribution < 1.29 is 38.6 Å². The number of carbonyl (C=O) groups is 5. The number of anilines is 1. The normalized spacial score (nSPS) is 15.6. The molecule has 302 valence electrons. The zero-order valence-electron chi connectivity index (χ0n) is 34.2. The van der Waals surface area contributed by atoms with Gasteiger partial charge in [-0.05, 0) is 56.5 Å². The van der Waals surface area contributed by atoms with Crippen LogP contribution in [0.15, 0.2) is 24.3 Å². The quantitative estimate of drug-likeness (QED) is 0.115. The van der Waals surface area contributed by atoms with Crippen LogP contribution >= 0.6 is 0 Å².